The molecule has 0 bridgehead atoms. The van der Waals surface area contributed by atoms with Gasteiger partial charge in [0, 0.05) is 18.2 Å². The molecule has 0 atom stereocenters. The van der Waals surface area contributed by atoms with Gasteiger partial charge in [-0.2, -0.15) is 0 Å². The highest BCUT2D eigenvalue weighted by Gasteiger charge is 2.07. The first-order chi connectivity index (χ1) is 18.2. The predicted molar refractivity (Wildman–Crippen MR) is 156 cm³/mol. The Morgan fingerprint density at radius 1 is 0.622 bits per heavy atom. The first kappa shape index (κ1) is 31.0. The molecule has 0 spiro atoms. The minimum atomic E-state index is -0.140. The molecule has 2 aromatic rings. The van der Waals surface area contributed by atoms with Crippen LogP contribution in [0.5, 0.6) is 5.75 Å². The summed E-state index contributed by atoms with van der Waals surface area (Å²) in [6.45, 7) is 4.52. The van der Waals surface area contributed by atoms with Gasteiger partial charge in [-0.15, -0.1) is 0 Å². The predicted octanol–water partition coefficient (Wildman–Crippen LogP) is 10.0. The van der Waals surface area contributed by atoms with E-state index in [0.717, 1.165) is 36.2 Å². The third-order valence-corrected chi connectivity index (χ3v) is 7.11. The summed E-state index contributed by atoms with van der Waals surface area (Å²) in [4.78, 5) is 21.4. The average Bonchev–Trinajstić information content (AvgIpc) is 2.92. The van der Waals surface area contributed by atoms with E-state index in [1.165, 1.54) is 103 Å². The lowest BCUT2D eigenvalue weighted by atomic mass is 10.0. The van der Waals surface area contributed by atoms with E-state index in [-0.39, 0.29) is 5.97 Å². The van der Waals surface area contributed by atoms with Gasteiger partial charge in [-0.1, -0.05) is 117 Å². The van der Waals surface area contributed by atoms with Gasteiger partial charge in [0.25, 0.3) is 0 Å². The van der Waals surface area contributed by atoms with Gasteiger partial charge in [-0.3, -0.25) is 14.8 Å². The molecule has 0 saturated heterocycles. The van der Waals surface area contributed by atoms with Crippen molar-refractivity contribution in [1.82, 2.24) is 9.97 Å². The second-order valence-electron chi connectivity index (χ2n) is 10.5. The number of unbranched alkanes of at least 4 members (excludes halogenated alkanes) is 16. The van der Waals surface area contributed by atoms with Crippen LogP contribution < -0.4 is 4.74 Å². The lowest BCUT2D eigenvalue weighted by Gasteiger charge is -2.07. The molecule has 37 heavy (non-hydrogen) atoms. The van der Waals surface area contributed by atoms with E-state index in [4.69, 9.17) is 4.74 Å². The Labute approximate surface area is 227 Å². The highest BCUT2D eigenvalue weighted by atomic mass is 16.5. The summed E-state index contributed by atoms with van der Waals surface area (Å²) in [7, 11) is 0. The maximum Gasteiger partial charge on any atom is 0.311 e. The summed E-state index contributed by atoms with van der Waals surface area (Å²) < 4.78 is 5.53. The van der Waals surface area contributed by atoms with Crippen molar-refractivity contribution in [1.29, 1.82) is 0 Å². The lowest BCUT2D eigenvalue weighted by Crippen LogP contribution is -2.07. The van der Waals surface area contributed by atoms with E-state index in [1.54, 1.807) is 0 Å². The molecule has 1 aromatic heterocycles. The molecule has 206 valence electrons. The largest absolute Gasteiger partial charge is 0.427 e. The Morgan fingerprint density at radius 3 is 1.65 bits per heavy atom. The minimum Gasteiger partial charge on any atom is -0.427 e. The van der Waals surface area contributed by atoms with Gasteiger partial charge in [0.1, 0.15) is 5.75 Å². The van der Waals surface area contributed by atoms with Crippen LogP contribution in [-0.4, -0.2) is 15.9 Å². The molecule has 0 fully saturated rings. The first-order valence-corrected chi connectivity index (χ1v) is 15.3. The highest BCUT2D eigenvalue weighted by Crippen LogP contribution is 2.21. The molecule has 0 unspecified atom stereocenters. The summed E-state index contributed by atoms with van der Waals surface area (Å²) in [5.74, 6) is 0.457. The number of carbonyl (C=O) groups is 1. The minimum absolute atomic E-state index is 0.140. The van der Waals surface area contributed by atoms with Gasteiger partial charge >= 0.3 is 5.97 Å². The van der Waals surface area contributed by atoms with Crippen LogP contribution in [0.1, 0.15) is 142 Å². The Balaban J connectivity index is 1.55. The van der Waals surface area contributed by atoms with Crippen molar-refractivity contribution in [2.24, 2.45) is 0 Å². The van der Waals surface area contributed by atoms with Crippen LogP contribution in [-0.2, 0) is 11.2 Å². The van der Waals surface area contributed by atoms with E-state index in [2.05, 4.69) is 23.8 Å². The summed E-state index contributed by atoms with van der Waals surface area (Å²) in [5.41, 5.74) is 2.89. The molecule has 1 heterocycles. The quantitative estimate of drug-likeness (QED) is 0.0901. The van der Waals surface area contributed by atoms with Crippen molar-refractivity contribution in [3.8, 4) is 17.0 Å². The van der Waals surface area contributed by atoms with Crippen LogP contribution in [0, 0.1) is 0 Å². The van der Waals surface area contributed by atoms with E-state index in [0.29, 0.717) is 12.2 Å². The summed E-state index contributed by atoms with van der Waals surface area (Å²) in [5, 5.41) is 0. The van der Waals surface area contributed by atoms with Crippen molar-refractivity contribution in [3.05, 3.63) is 42.4 Å². The van der Waals surface area contributed by atoms with Gasteiger partial charge in [0.15, 0.2) is 0 Å². The Bertz CT molecular complexity index is 817. The van der Waals surface area contributed by atoms with Crippen LogP contribution in [0.3, 0.4) is 0 Å². The van der Waals surface area contributed by atoms with E-state index < -0.39 is 0 Å². The zero-order valence-electron chi connectivity index (χ0n) is 23.8. The fraction of sp³-hybridized carbons (Fsp3) is 0.667. The topological polar surface area (TPSA) is 52.1 Å². The fourth-order valence-electron chi connectivity index (χ4n) is 4.71. The van der Waals surface area contributed by atoms with Crippen LogP contribution >= 0.6 is 0 Å². The third kappa shape index (κ3) is 14.9. The van der Waals surface area contributed by atoms with E-state index in [1.807, 2.05) is 36.7 Å². The van der Waals surface area contributed by atoms with E-state index >= 15 is 0 Å². The van der Waals surface area contributed by atoms with Crippen LogP contribution in [0.15, 0.2) is 36.7 Å². The number of esters is 1. The highest BCUT2D eigenvalue weighted by molar-refractivity contribution is 5.72. The molecule has 0 saturated carbocycles. The summed E-state index contributed by atoms with van der Waals surface area (Å²) in [6, 6.07) is 7.59. The van der Waals surface area contributed by atoms with Crippen molar-refractivity contribution < 1.29 is 9.53 Å². The summed E-state index contributed by atoms with van der Waals surface area (Å²) in [6.07, 6.45) is 28.5. The summed E-state index contributed by atoms with van der Waals surface area (Å²) >= 11 is 0. The molecular weight excluding hydrogens is 456 g/mol. The molecule has 1 aromatic carbocycles. The number of rotatable bonds is 22. The van der Waals surface area contributed by atoms with Crippen LogP contribution in [0.25, 0.3) is 11.3 Å². The van der Waals surface area contributed by atoms with E-state index in [9.17, 15) is 4.79 Å². The van der Waals surface area contributed by atoms with Crippen molar-refractivity contribution in [2.45, 2.75) is 142 Å². The number of nitrogens with zero attached hydrogens (tertiary/aromatic N) is 2. The number of hydrogen-bond donors (Lipinski definition) is 0. The Morgan fingerprint density at radius 2 is 1.14 bits per heavy atom. The Kier molecular flexibility index (Phi) is 17.4. The van der Waals surface area contributed by atoms with Crippen LogP contribution in [0.2, 0.25) is 0 Å². The second kappa shape index (κ2) is 20.8. The van der Waals surface area contributed by atoms with Gasteiger partial charge in [0.05, 0.1) is 17.6 Å². The number of hydrogen-bond acceptors (Lipinski definition) is 4. The third-order valence-electron chi connectivity index (χ3n) is 7.11. The van der Waals surface area contributed by atoms with Gasteiger partial charge in [0.2, 0.25) is 0 Å². The molecule has 0 aliphatic heterocycles. The number of aryl methyl sites for hydroxylation is 1. The first-order valence-electron chi connectivity index (χ1n) is 15.3. The Hall–Kier alpha value is -2.23. The number of aromatic nitrogens is 2. The maximum absolute atomic E-state index is 12.2. The molecule has 0 aliphatic carbocycles. The van der Waals surface area contributed by atoms with Gasteiger partial charge < -0.3 is 4.74 Å². The molecular formula is C33H52N2O2. The van der Waals surface area contributed by atoms with Gasteiger partial charge in [-0.05, 0) is 43.5 Å². The monoisotopic (exact) mass is 508 g/mol. The molecule has 4 heteroatoms. The van der Waals surface area contributed by atoms with Crippen LogP contribution in [0.4, 0.5) is 0 Å². The SMILES string of the molecule is CCCCCCCCCCCCCCC(=O)Oc1ccc(-c2cnc(CCCCCCCC)cn2)cc1. The number of carbonyl (C=O) groups excluding carboxylic acids is 1. The van der Waals surface area contributed by atoms with Crippen molar-refractivity contribution in [3.63, 3.8) is 0 Å². The molecule has 0 N–H and O–H groups in total. The molecule has 2 rings (SSSR count). The normalized spacial score (nSPS) is 11.1. The number of ether oxygens (including phenoxy) is 1. The fourth-order valence-corrected chi connectivity index (χ4v) is 4.71. The van der Waals surface area contributed by atoms with Crippen molar-refractivity contribution >= 4 is 5.97 Å². The molecule has 0 amide bonds. The van der Waals surface area contributed by atoms with Gasteiger partial charge in [-0.25, -0.2) is 0 Å². The average molecular weight is 509 g/mol. The molecule has 0 radical (unpaired) electrons. The zero-order valence-corrected chi connectivity index (χ0v) is 23.8. The smallest absolute Gasteiger partial charge is 0.311 e. The van der Waals surface area contributed by atoms with Crippen molar-refractivity contribution in [2.75, 3.05) is 0 Å². The standard InChI is InChI=1S/C33H52N2O2/c1-3-5-7-9-11-12-13-14-15-16-18-20-22-33(36)37-31-25-23-29(24-26-31)32-28-34-30(27-35-32)21-19-17-10-8-6-4-2/h23-28H,3-22H2,1-2H3. The lowest BCUT2D eigenvalue weighted by molar-refractivity contribution is -0.134. The second-order valence-corrected chi connectivity index (χ2v) is 10.5. The molecule has 0 aliphatic rings. The number of benzene rings is 1. The molecule has 4 nitrogen and oxygen atoms in total. The zero-order chi connectivity index (χ0) is 26.4. The maximum atomic E-state index is 12.2.